The monoisotopic (exact) mass is 308 g/mol. The van der Waals surface area contributed by atoms with E-state index in [1.807, 2.05) is 18.6 Å². The van der Waals surface area contributed by atoms with Gasteiger partial charge in [0.1, 0.15) is 0 Å². The Morgan fingerprint density at radius 2 is 1.91 bits per heavy atom. The summed E-state index contributed by atoms with van der Waals surface area (Å²) < 4.78 is 2.08. The number of thioether (sulfide) groups is 1. The first-order valence-corrected chi connectivity index (χ1v) is 8.58. The van der Waals surface area contributed by atoms with Crippen LogP contribution in [0.15, 0.2) is 54.1 Å². The maximum Gasteiger partial charge on any atom is 0.160 e. The van der Waals surface area contributed by atoms with Crippen LogP contribution in [0.1, 0.15) is 24.5 Å². The predicted octanol–water partition coefficient (Wildman–Crippen LogP) is 3.93. The van der Waals surface area contributed by atoms with Crippen molar-refractivity contribution in [2.75, 3.05) is 6.26 Å². The van der Waals surface area contributed by atoms with Gasteiger partial charge < -0.3 is 4.57 Å². The van der Waals surface area contributed by atoms with Gasteiger partial charge in [-0.25, -0.2) is 15.0 Å². The summed E-state index contributed by atoms with van der Waals surface area (Å²) in [6, 6.07) is 10.2. The molecule has 0 bridgehead atoms. The van der Waals surface area contributed by atoms with Crippen molar-refractivity contribution >= 4 is 11.8 Å². The number of aromatic nitrogens is 4. The second-order valence-corrected chi connectivity index (χ2v) is 6.28. The molecule has 4 nitrogen and oxygen atoms in total. The Kier molecular flexibility index (Phi) is 3.42. The van der Waals surface area contributed by atoms with E-state index in [0.29, 0.717) is 5.92 Å². The molecule has 1 aliphatic carbocycles. The van der Waals surface area contributed by atoms with Crippen LogP contribution in [0, 0.1) is 0 Å². The van der Waals surface area contributed by atoms with Gasteiger partial charge in [-0.15, -0.1) is 11.8 Å². The number of hydrogen-bond acceptors (Lipinski definition) is 4. The van der Waals surface area contributed by atoms with Crippen LogP contribution < -0.4 is 0 Å². The maximum atomic E-state index is 4.53. The van der Waals surface area contributed by atoms with E-state index in [2.05, 4.69) is 50.0 Å². The average molecular weight is 308 g/mol. The van der Waals surface area contributed by atoms with Gasteiger partial charge in [0.15, 0.2) is 5.82 Å². The fourth-order valence-electron chi connectivity index (χ4n) is 2.45. The molecule has 4 rings (SSSR count). The third-order valence-electron chi connectivity index (χ3n) is 3.86. The van der Waals surface area contributed by atoms with Gasteiger partial charge in [0.25, 0.3) is 0 Å². The van der Waals surface area contributed by atoms with Gasteiger partial charge in [-0.3, -0.25) is 0 Å². The van der Waals surface area contributed by atoms with Crippen LogP contribution in [-0.4, -0.2) is 25.8 Å². The molecule has 0 aliphatic heterocycles. The van der Waals surface area contributed by atoms with Gasteiger partial charge in [-0.1, -0.05) is 0 Å². The number of imidazole rings is 1. The quantitative estimate of drug-likeness (QED) is 0.541. The Morgan fingerprint density at radius 1 is 1.09 bits per heavy atom. The number of benzene rings is 1. The molecular weight excluding hydrogens is 292 g/mol. The second kappa shape index (κ2) is 5.57. The highest BCUT2D eigenvalue weighted by molar-refractivity contribution is 7.98. The topological polar surface area (TPSA) is 43.6 Å². The van der Waals surface area contributed by atoms with E-state index in [-0.39, 0.29) is 0 Å². The Bertz CT molecular complexity index is 790. The third kappa shape index (κ3) is 2.64. The molecule has 5 heteroatoms. The molecule has 2 heterocycles. The summed E-state index contributed by atoms with van der Waals surface area (Å²) in [6.07, 6.45) is 10.4. The van der Waals surface area contributed by atoms with E-state index in [1.165, 1.54) is 18.5 Å². The van der Waals surface area contributed by atoms with Crippen LogP contribution in [0.3, 0.4) is 0 Å². The molecule has 22 heavy (non-hydrogen) atoms. The lowest BCUT2D eigenvalue weighted by atomic mass is 10.2. The van der Waals surface area contributed by atoms with E-state index >= 15 is 0 Å². The Labute approximate surface area is 133 Å². The normalized spacial score (nSPS) is 14.2. The summed E-state index contributed by atoms with van der Waals surface area (Å²) in [4.78, 5) is 13.4. The van der Waals surface area contributed by atoms with E-state index < -0.39 is 0 Å². The number of nitrogens with zero attached hydrogens (tertiary/aromatic N) is 4. The molecule has 0 spiro atoms. The zero-order valence-corrected chi connectivity index (χ0v) is 13.1. The molecular formula is C17H16N4S. The molecule has 0 N–H and O–H groups in total. The first kappa shape index (κ1) is 13.5. The summed E-state index contributed by atoms with van der Waals surface area (Å²) in [5, 5.41) is 0.984. The minimum Gasteiger partial charge on any atom is -0.306 e. The molecule has 2 aromatic heterocycles. The van der Waals surface area contributed by atoms with Crippen molar-refractivity contribution in [3.63, 3.8) is 0 Å². The highest BCUT2D eigenvalue weighted by Gasteiger charge is 2.25. The molecule has 0 atom stereocenters. The molecule has 3 aromatic rings. The van der Waals surface area contributed by atoms with Gasteiger partial charge in [0.2, 0.25) is 0 Å². The SMILES string of the molecule is CSc1ccnc(-c2ccc(-n3cnc(C4CC4)c3)cc2)n1. The molecule has 110 valence electrons. The largest absolute Gasteiger partial charge is 0.306 e. The molecule has 0 saturated heterocycles. The highest BCUT2D eigenvalue weighted by Crippen LogP contribution is 2.39. The van der Waals surface area contributed by atoms with Crippen molar-refractivity contribution in [1.82, 2.24) is 19.5 Å². The average Bonchev–Trinajstić information content (AvgIpc) is 3.32. The molecule has 1 aromatic carbocycles. The smallest absolute Gasteiger partial charge is 0.160 e. The second-order valence-electron chi connectivity index (χ2n) is 5.45. The fourth-order valence-corrected chi connectivity index (χ4v) is 2.82. The zero-order chi connectivity index (χ0) is 14.9. The van der Waals surface area contributed by atoms with Crippen LogP contribution in [0.4, 0.5) is 0 Å². The summed E-state index contributed by atoms with van der Waals surface area (Å²) in [7, 11) is 0. The van der Waals surface area contributed by atoms with Crippen LogP contribution in [0.5, 0.6) is 0 Å². The van der Waals surface area contributed by atoms with Crippen molar-refractivity contribution in [3.05, 3.63) is 54.7 Å². The molecule has 1 saturated carbocycles. The summed E-state index contributed by atoms with van der Waals surface area (Å²) >= 11 is 1.63. The van der Waals surface area contributed by atoms with Gasteiger partial charge in [0, 0.05) is 29.6 Å². The fraction of sp³-hybridized carbons (Fsp3) is 0.235. The lowest BCUT2D eigenvalue weighted by Gasteiger charge is -2.05. The van der Waals surface area contributed by atoms with Gasteiger partial charge in [0.05, 0.1) is 17.0 Å². The Hall–Kier alpha value is -2.14. The Balaban J connectivity index is 1.61. The molecule has 0 amide bonds. The highest BCUT2D eigenvalue weighted by atomic mass is 32.2. The Morgan fingerprint density at radius 3 is 2.64 bits per heavy atom. The summed E-state index contributed by atoms with van der Waals surface area (Å²) in [6.45, 7) is 0. The van der Waals surface area contributed by atoms with Crippen molar-refractivity contribution in [2.24, 2.45) is 0 Å². The summed E-state index contributed by atoms with van der Waals surface area (Å²) in [5.74, 6) is 1.45. The maximum absolute atomic E-state index is 4.53. The van der Waals surface area contributed by atoms with Crippen molar-refractivity contribution < 1.29 is 0 Å². The van der Waals surface area contributed by atoms with Crippen molar-refractivity contribution in [1.29, 1.82) is 0 Å². The van der Waals surface area contributed by atoms with E-state index in [9.17, 15) is 0 Å². The van der Waals surface area contributed by atoms with Crippen LogP contribution in [0.2, 0.25) is 0 Å². The minimum absolute atomic E-state index is 0.684. The number of rotatable bonds is 4. The lowest BCUT2D eigenvalue weighted by Crippen LogP contribution is -1.92. The van der Waals surface area contributed by atoms with Crippen LogP contribution in [0.25, 0.3) is 17.1 Å². The van der Waals surface area contributed by atoms with Crippen LogP contribution in [-0.2, 0) is 0 Å². The zero-order valence-electron chi connectivity index (χ0n) is 12.3. The van der Waals surface area contributed by atoms with E-state index in [4.69, 9.17) is 0 Å². The standard InChI is InChI=1S/C17H16N4S/c1-22-16-8-9-18-17(20-16)13-4-6-14(7-5-13)21-10-15(19-11-21)12-2-3-12/h4-12H,2-3H2,1H3. The molecule has 0 unspecified atom stereocenters. The van der Waals surface area contributed by atoms with Crippen molar-refractivity contribution in [3.8, 4) is 17.1 Å². The van der Waals surface area contributed by atoms with Crippen molar-refractivity contribution in [2.45, 2.75) is 23.8 Å². The minimum atomic E-state index is 0.684. The molecule has 0 radical (unpaired) electrons. The molecule has 1 fully saturated rings. The first-order chi connectivity index (χ1) is 10.8. The van der Waals surface area contributed by atoms with E-state index in [1.54, 1.807) is 18.0 Å². The summed E-state index contributed by atoms with van der Waals surface area (Å²) in [5.41, 5.74) is 3.35. The predicted molar refractivity (Wildman–Crippen MR) is 88.3 cm³/mol. The number of hydrogen-bond donors (Lipinski definition) is 0. The van der Waals surface area contributed by atoms with E-state index in [0.717, 1.165) is 22.1 Å². The third-order valence-corrected chi connectivity index (χ3v) is 4.51. The van der Waals surface area contributed by atoms with Gasteiger partial charge in [-0.05, 0) is 49.4 Å². The van der Waals surface area contributed by atoms with Crippen LogP contribution >= 0.6 is 11.8 Å². The first-order valence-electron chi connectivity index (χ1n) is 7.35. The lowest BCUT2D eigenvalue weighted by molar-refractivity contribution is 1.04. The van der Waals surface area contributed by atoms with Gasteiger partial charge >= 0.3 is 0 Å². The molecule has 1 aliphatic rings. The van der Waals surface area contributed by atoms with Gasteiger partial charge in [-0.2, -0.15) is 0 Å².